The molecule has 4 heteroatoms. The molecular weight excluding hydrogens is 170 g/mol. The zero-order chi connectivity index (χ0) is 6.15. The van der Waals surface area contributed by atoms with Gasteiger partial charge in [0.05, 0.1) is 6.33 Å². The molecule has 1 heterocycles. The highest BCUT2D eigenvalue weighted by atomic mass is 79.9. The number of rotatable bonds is 0. The van der Waals surface area contributed by atoms with Crippen molar-refractivity contribution in [3.63, 3.8) is 0 Å². The molecule has 1 aromatic rings. The molecule has 0 aliphatic heterocycles. The highest BCUT2D eigenvalue weighted by molar-refractivity contribution is 9.10. The number of aryl methyl sites for hydroxylation is 1. The van der Waals surface area contributed by atoms with Crippen LogP contribution in [0.4, 0.5) is 5.82 Å². The first kappa shape index (κ1) is 5.62. The van der Waals surface area contributed by atoms with Gasteiger partial charge in [-0.3, -0.25) is 0 Å². The van der Waals surface area contributed by atoms with Crippen LogP contribution in [0.5, 0.6) is 0 Å². The van der Waals surface area contributed by atoms with Crippen LogP contribution in [0.25, 0.3) is 0 Å². The summed E-state index contributed by atoms with van der Waals surface area (Å²) in [5.74, 6) is 0.535. The second-order valence-electron chi connectivity index (χ2n) is 1.53. The number of halogens is 1. The van der Waals surface area contributed by atoms with Crippen LogP contribution in [0.2, 0.25) is 0 Å². The molecule has 0 atom stereocenters. The number of nitrogens with zero attached hydrogens (tertiary/aromatic N) is 2. The molecule has 0 amide bonds. The lowest BCUT2D eigenvalue weighted by Crippen LogP contribution is -1.87. The smallest absolute Gasteiger partial charge is 0.156 e. The van der Waals surface area contributed by atoms with E-state index in [2.05, 4.69) is 20.9 Å². The van der Waals surface area contributed by atoms with Crippen molar-refractivity contribution in [2.24, 2.45) is 7.05 Å². The molecular formula is C4H6BrN3. The summed E-state index contributed by atoms with van der Waals surface area (Å²) in [5.41, 5.74) is 5.36. The number of nitrogens with two attached hydrogens (primary N) is 1. The molecule has 3 nitrogen and oxygen atoms in total. The fourth-order valence-corrected chi connectivity index (χ4v) is 0.627. The summed E-state index contributed by atoms with van der Waals surface area (Å²) in [6.45, 7) is 0. The Morgan fingerprint density at radius 2 is 2.50 bits per heavy atom. The lowest BCUT2D eigenvalue weighted by Gasteiger charge is -1.88. The number of anilines is 1. The molecule has 44 valence electrons. The molecule has 0 bridgehead atoms. The zero-order valence-corrected chi connectivity index (χ0v) is 6.01. The van der Waals surface area contributed by atoms with E-state index in [0.717, 1.165) is 4.60 Å². The fraction of sp³-hybridized carbons (Fsp3) is 0.250. The molecule has 0 aliphatic rings. The Kier molecular flexibility index (Phi) is 1.25. The first-order valence-electron chi connectivity index (χ1n) is 2.14. The first-order chi connectivity index (χ1) is 3.72. The molecule has 0 aromatic carbocycles. The van der Waals surface area contributed by atoms with E-state index in [1.165, 1.54) is 0 Å². The SMILES string of the molecule is Cn1cnc(N)c1Br. The van der Waals surface area contributed by atoms with Gasteiger partial charge in [0.15, 0.2) is 5.82 Å². The number of hydrogen-bond donors (Lipinski definition) is 1. The van der Waals surface area contributed by atoms with E-state index in [4.69, 9.17) is 5.73 Å². The van der Waals surface area contributed by atoms with E-state index in [1.54, 1.807) is 10.9 Å². The van der Waals surface area contributed by atoms with Gasteiger partial charge in [-0.05, 0) is 15.9 Å². The average molecular weight is 176 g/mol. The Morgan fingerprint density at radius 3 is 2.62 bits per heavy atom. The van der Waals surface area contributed by atoms with Gasteiger partial charge < -0.3 is 10.3 Å². The summed E-state index contributed by atoms with van der Waals surface area (Å²) in [7, 11) is 1.87. The van der Waals surface area contributed by atoms with Crippen LogP contribution < -0.4 is 5.73 Å². The second kappa shape index (κ2) is 1.78. The molecule has 0 radical (unpaired) electrons. The summed E-state index contributed by atoms with van der Waals surface area (Å²) in [6, 6.07) is 0. The van der Waals surface area contributed by atoms with Gasteiger partial charge in [-0.1, -0.05) is 0 Å². The lowest BCUT2D eigenvalue weighted by molar-refractivity contribution is 0.891. The minimum atomic E-state index is 0.535. The molecule has 2 N–H and O–H groups in total. The molecule has 0 saturated carbocycles. The predicted molar refractivity (Wildman–Crippen MR) is 35.3 cm³/mol. The summed E-state index contributed by atoms with van der Waals surface area (Å²) >= 11 is 3.22. The number of aromatic nitrogens is 2. The first-order valence-corrected chi connectivity index (χ1v) is 2.93. The van der Waals surface area contributed by atoms with Gasteiger partial charge in [-0.15, -0.1) is 0 Å². The van der Waals surface area contributed by atoms with Crippen LogP contribution in [0, 0.1) is 0 Å². The Morgan fingerprint density at radius 1 is 1.88 bits per heavy atom. The van der Waals surface area contributed by atoms with Gasteiger partial charge in [0, 0.05) is 7.05 Å². The summed E-state index contributed by atoms with van der Waals surface area (Å²) in [5, 5.41) is 0. The third kappa shape index (κ3) is 0.709. The average Bonchev–Trinajstić information content (AvgIpc) is 1.98. The van der Waals surface area contributed by atoms with Gasteiger partial charge in [-0.25, -0.2) is 4.98 Å². The maximum Gasteiger partial charge on any atom is 0.156 e. The molecule has 0 unspecified atom stereocenters. The van der Waals surface area contributed by atoms with Crippen LogP contribution in [-0.2, 0) is 7.05 Å². The fourth-order valence-electron chi connectivity index (χ4n) is 0.433. The van der Waals surface area contributed by atoms with Crippen LogP contribution in [0.1, 0.15) is 0 Å². The van der Waals surface area contributed by atoms with Crippen molar-refractivity contribution in [2.75, 3.05) is 5.73 Å². The van der Waals surface area contributed by atoms with Crippen molar-refractivity contribution >= 4 is 21.7 Å². The number of imidazole rings is 1. The molecule has 1 aromatic heterocycles. The molecule has 0 aliphatic carbocycles. The number of nitrogen functional groups attached to an aromatic ring is 1. The highest BCUT2D eigenvalue weighted by Gasteiger charge is 1.97. The molecule has 0 saturated heterocycles. The van der Waals surface area contributed by atoms with Crippen molar-refractivity contribution in [1.82, 2.24) is 9.55 Å². The van der Waals surface area contributed by atoms with Crippen LogP contribution >= 0.6 is 15.9 Å². The van der Waals surface area contributed by atoms with E-state index in [9.17, 15) is 0 Å². The zero-order valence-electron chi connectivity index (χ0n) is 4.43. The van der Waals surface area contributed by atoms with E-state index < -0.39 is 0 Å². The van der Waals surface area contributed by atoms with E-state index >= 15 is 0 Å². The van der Waals surface area contributed by atoms with Gasteiger partial charge in [-0.2, -0.15) is 0 Å². The highest BCUT2D eigenvalue weighted by Crippen LogP contribution is 2.14. The second-order valence-corrected chi connectivity index (χ2v) is 2.28. The minimum absolute atomic E-state index is 0.535. The van der Waals surface area contributed by atoms with Gasteiger partial charge >= 0.3 is 0 Å². The molecule has 0 fully saturated rings. The van der Waals surface area contributed by atoms with E-state index in [0.29, 0.717) is 5.82 Å². The standard InChI is InChI=1S/C4H6BrN3/c1-8-2-7-4(6)3(8)5/h2H,6H2,1H3. The predicted octanol–water partition coefficient (Wildman–Crippen LogP) is 0.765. The summed E-state index contributed by atoms with van der Waals surface area (Å²) in [6.07, 6.45) is 1.65. The molecule has 0 spiro atoms. The van der Waals surface area contributed by atoms with Crippen molar-refractivity contribution < 1.29 is 0 Å². The number of hydrogen-bond acceptors (Lipinski definition) is 2. The summed E-state index contributed by atoms with van der Waals surface area (Å²) in [4.78, 5) is 3.81. The topological polar surface area (TPSA) is 43.8 Å². The van der Waals surface area contributed by atoms with Gasteiger partial charge in [0.2, 0.25) is 0 Å². The Labute approximate surface area is 55.6 Å². The van der Waals surface area contributed by atoms with Crippen LogP contribution in [-0.4, -0.2) is 9.55 Å². The van der Waals surface area contributed by atoms with Crippen molar-refractivity contribution in [1.29, 1.82) is 0 Å². The quantitative estimate of drug-likeness (QED) is 0.634. The molecule has 1 rings (SSSR count). The minimum Gasteiger partial charge on any atom is -0.381 e. The monoisotopic (exact) mass is 175 g/mol. The summed E-state index contributed by atoms with van der Waals surface area (Å²) < 4.78 is 2.63. The Bertz CT molecular complexity index is 174. The van der Waals surface area contributed by atoms with Gasteiger partial charge in [0.1, 0.15) is 4.60 Å². The van der Waals surface area contributed by atoms with Crippen molar-refractivity contribution in [3.8, 4) is 0 Å². The van der Waals surface area contributed by atoms with E-state index in [1.807, 2.05) is 7.05 Å². The van der Waals surface area contributed by atoms with Crippen molar-refractivity contribution in [2.45, 2.75) is 0 Å². The normalized spacial score (nSPS) is 9.75. The van der Waals surface area contributed by atoms with Crippen LogP contribution in [0.15, 0.2) is 10.9 Å². The lowest BCUT2D eigenvalue weighted by atomic mass is 10.8. The van der Waals surface area contributed by atoms with Crippen LogP contribution in [0.3, 0.4) is 0 Å². The third-order valence-electron chi connectivity index (χ3n) is 0.891. The van der Waals surface area contributed by atoms with E-state index in [-0.39, 0.29) is 0 Å². The van der Waals surface area contributed by atoms with Gasteiger partial charge in [0.25, 0.3) is 0 Å². The maximum atomic E-state index is 5.36. The largest absolute Gasteiger partial charge is 0.381 e. The molecule has 8 heavy (non-hydrogen) atoms. The third-order valence-corrected chi connectivity index (χ3v) is 1.86. The maximum absolute atomic E-state index is 5.36. The van der Waals surface area contributed by atoms with Crippen molar-refractivity contribution in [3.05, 3.63) is 10.9 Å². The Hall–Kier alpha value is -0.510. The Balaban J connectivity index is 3.19.